The van der Waals surface area contributed by atoms with E-state index in [-0.39, 0.29) is 11.5 Å². The summed E-state index contributed by atoms with van der Waals surface area (Å²) in [6, 6.07) is 9.42. The Morgan fingerprint density at radius 2 is 2.00 bits per heavy atom. The molecule has 2 aromatic rings. The van der Waals surface area contributed by atoms with E-state index in [0.717, 1.165) is 29.6 Å². The number of thioether (sulfide) groups is 1. The molecule has 0 N–H and O–H groups in total. The first-order valence-corrected chi connectivity index (χ1v) is 7.11. The molecule has 1 aromatic heterocycles. The lowest BCUT2D eigenvalue weighted by Crippen LogP contribution is -2.06. The molecule has 0 radical (unpaired) electrons. The molecule has 0 saturated carbocycles. The summed E-state index contributed by atoms with van der Waals surface area (Å²) in [5.41, 5.74) is 0.782. The second kappa shape index (κ2) is 6.30. The van der Waals surface area contributed by atoms with Crippen LogP contribution in [0.2, 0.25) is 0 Å². The number of aryl methyl sites for hydroxylation is 1. The van der Waals surface area contributed by atoms with Gasteiger partial charge in [-0.1, -0.05) is 35.5 Å². The molecule has 6 heteroatoms. The van der Waals surface area contributed by atoms with E-state index in [1.54, 1.807) is 18.2 Å². The number of alkyl halides is 3. The average Bonchev–Trinajstić information content (AvgIpc) is 2.44. The zero-order valence-corrected chi connectivity index (χ0v) is 12.0. The molecule has 0 atom stereocenters. The standard InChI is InChI=1S/C15H12F3NOS/c1-10-3-2-4-11(7-10)13(20)9-21-14-6-5-12(8-19-14)15(16,17)18/h2-8H,9H2,1H3. The van der Waals surface area contributed by atoms with E-state index in [1.807, 2.05) is 13.0 Å². The molecule has 2 rings (SSSR count). The molecule has 2 nitrogen and oxygen atoms in total. The van der Waals surface area contributed by atoms with Crippen molar-refractivity contribution in [2.75, 3.05) is 5.75 Å². The van der Waals surface area contributed by atoms with Gasteiger partial charge < -0.3 is 0 Å². The SMILES string of the molecule is Cc1cccc(C(=O)CSc2ccc(C(F)(F)F)cn2)c1. The van der Waals surface area contributed by atoms with Crippen molar-refractivity contribution in [3.63, 3.8) is 0 Å². The van der Waals surface area contributed by atoms with E-state index in [0.29, 0.717) is 10.6 Å². The summed E-state index contributed by atoms with van der Waals surface area (Å²) in [7, 11) is 0. The van der Waals surface area contributed by atoms with Crippen LogP contribution in [0.5, 0.6) is 0 Å². The third-order valence-electron chi connectivity index (χ3n) is 2.75. The third-order valence-corrected chi connectivity index (χ3v) is 3.70. The van der Waals surface area contributed by atoms with Crippen molar-refractivity contribution in [2.45, 2.75) is 18.1 Å². The fraction of sp³-hybridized carbons (Fsp3) is 0.200. The van der Waals surface area contributed by atoms with E-state index < -0.39 is 11.7 Å². The smallest absolute Gasteiger partial charge is 0.293 e. The normalized spacial score (nSPS) is 11.4. The fourth-order valence-electron chi connectivity index (χ4n) is 1.67. The van der Waals surface area contributed by atoms with Crippen LogP contribution in [0.25, 0.3) is 0 Å². The van der Waals surface area contributed by atoms with Crippen molar-refractivity contribution < 1.29 is 18.0 Å². The van der Waals surface area contributed by atoms with Crippen molar-refractivity contribution >= 4 is 17.5 Å². The number of hydrogen-bond donors (Lipinski definition) is 0. The summed E-state index contributed by atoms with van der Waals surface area (Å²) in [6.07, 6.45) is -3.62. The van der Waals surface area contributed by atoms with Gasteiger partial charge in [0.2, 0.25) is 0 Å². The molecule has 0 aliphatic rings. The molecule has 0 spiro atoms. The van der Waals surface area contributed by atoms with E-state index in [2.05, 4.69) is 4.98 Å². The molecule has 0 aliphatic heterocycles. The highest BCUT2D eigenvalue weighted by Gasteiger charge is 2.30. The summed E-state index contributed by atoms with van der Waals surface area (Å²) < 4.78 is 37.2. The van der Waals surface area contributed by atoms with E-state index >= 15 is 0 Å². The minimum absolute atomic E-state index is 0.0783. The maximum absolute atomic E-state index is 12.4. The third kappa shape index (κ3) is 4.32. The van der Waals surface area contributed by atoms with Crippen LogP contribution in [-0.4, -0.2) is 16.5 Å². The Labute approximate surface area is 124 Å². The van der Waals surface area contributed by atoms with Gasteiger partial charge in [0.15, 0.2) is 5.78 Å². The fourth-order valence-corrected chi connectivity index (χ4v) is 2.41. The van der Waals surface area contributed by atoms with Gasteiger partial charge >= 0.3 is 6.18 Å². The molecule has 0 aliphatic carbocycles. The Hall–Kier alpha value is -1.82. The first kappa shape index (κ1) is 15.6. The van der Waals surface area contributed by atoms with Crippen LogP contribution in [0.4, 0.5) is 13.2 Å². The highest BCUT2D eigenvalue weighted by Crippen LogP contribution is 2.29. The maximum atomic E-state index is 12.4. The highest BCUT2D eigenvalue weighted by molar-refractivity contribution is 7.99. The molecule has 1 aromatic carbocycles. The molecule has 1 heterocycles. The van der Waals surface area contributed by atoms with Crippen molar-refractivity contribution in [3.05, 3.63) is 59.3 Å². The van der Waals surface area contributed by atoms with E-state index in [1.165, 1.54) is 6.07 Å². The monoisotopic (exact) mass is 311 g/mol. The minimum atomic E-state index is -4.40. The number of halogens is 3. The molecule has 0 unspecified atom stereocenters. The van der Waals surface area contributed by atoms with Crippen LogP contribution in [0, 0.1) is 6.92 Å². The lowest BCUT2D eigenvalue weighted by molar-refractivity contribution is -0.137. The molecule has 110 valence electrons. The molecular weight excluding hydrogens is 299 g/mol. The highest BCUT2D eigenvalue weighted by atomic mass is 32.2. The molecule has 0 amide bonds. The van der Waals surface area contributed by atoms with Crippen LogP contribution in [-0.2, 0) is 6.18 Å². The number of hydrogen-bond acceptors (Lipinski definition) is 3. The van der Waals surface area contributed by atoms with Crippen molar-refractivity contribution in [3.8, 4) is 0 Å². The van der Waals surface area contributed by atoms with Crippen LogP contribution < -0.4 is 0 Å². The zero-order chi connectivity index (χ0) is 15.5. The van der Waals surface area contributed by atoms with E-state index in [4.69, 9.17) is 0 Å². The largest absolute Gasteiger partial charge is 0.417 e. The van der Waals surface area contributed by atoms with Gasteiger partial charge in [0.05, 0.1) is 16.3 Å². The van der Waals surface area contributed by atoms with Gasteiger partial charge in [0.25, 0.3) is 0 Å². The van der Waals surface area contributed by atoms with Crippen LogP contribution in [0.3, 0.4) is 0 Å². The Kier molecular flexibility index (Phi) is 4.67. The molecule has 0 bridgehead atoms. The summed E-state index contributed by atoms with van der Waals surface area (Å²) >= 11 is 1.12. The summed E-state index contributed by atoms with van der Waals surface area (Å²) in [6.45, 7) is 1.89. The van der Waals surface area contributed by atoms with Crippen molar-refractivity contribution in [1.29, 1.82) is 0 Å². The summed E-state index contributed by atoms with van der Waals surface area (Å²) in [5.74, 6) is 0.0624. The Morgan fingerprint density at radius 3 is 2.57 bits per heavy atom. The lowest BCUT2D eigenvalue weighted by atomic mass is 10.1. The summed E-state index contributed by atoms with van der Waals surface area (Å²) in [5, 5.41) is 0.393. The van der Waals surface area contributed by atoms with E-state index in [9.17, 15) is 18.0 Å². The van der Waals surface area contributed by atoms with Crippen molar-refractivity contribution in [2.24, 2.45) is 0 Å². The van der Waals surface area contributed by atoms with Gasteiger partial charge in [-0.25, -0.2) is 4.98 Å². The van der Waals surface area contributed by atoms with Crippen LogP contribution >= 0.6 is 11.8 Å². The Balaban J connectivity index is 1.98. The first-order valence-electron chi connectivity index (χ1n) is 6.12. The molecule has 21 heavy (non-hydrogen) atoms. The van der Waals surface area contributed by atoms with Gasteiger partial charge in [-0.2, -0.15) is 13.2 Å². The number of pyridine rings is 1. The van der Waals surface area contributed by atoms with Crippen LogP contribution in [0.1, 0.15) is 21.5 Å². The predicted octanol–water partition coefficient (Wildman–Crippen LogP) is 4.38. The Bertz CT molecular complexity index is 638. The molecular formula is C15H12F3NOS. The number of aromatic nitrogens is 1. The minimum Gasteiger partial charge on any atom is -0.293 e. The quantitative estimate of drug-likeness (QED) is 0.620. The topological polar surface area (TPSA) is 30.0 Å². The average molecular weight is 311 g/mol. The number of carbonyl (C=O) groups is 1. The Morgan fingerprint density at radius 1 is 1.24 bits per heavy atom. The van der Waals surface area contributed by atoms with Crippen LogP contribution in [0.15, 0.2) is 47.6 Å². The maximum Gasteiger partial charge on any atom is 0.417 e. The summed E-state index contributed by atoms with van der Waals surface area (Å²) in [4.78, 5) is 15.7. The molecule has 0 saturated heterocycles. The van der Waals surface area contributed by atoms with Gasteiger partial charge in [0, 0.05) is 11.8 Å². The molecule has 0 fully saturated rings. The number of carbonyl (C=O) groups excluding carboxylic acids is 1. The first-order chi connectivity index (χ1) is 9.86. The number of rotatable bonds is 4. The predicted molar refractivity (Wildman–Crippen MR) is 75.5 cm³/mol. The number of nitrogens with zero attached hydrogens (tertiary/aromatic N) is 1. The number of benzene rings is 1. The van der Waals surface area contributed by atoms with Gasteiger partial charge in [-0.05, 0) is 25.1 Å². The van der Waals surface area contributed by atoms with Gasteiger partial charge in [0.1, 0.15) is 0 Å². The number of Topliss-reactive ketones (excluding diaryl/α,β-unsaturated/α-hetero) is 1. The zero-order valence-electron chi connectivity index (χ0n) is 11.1. The van der Waals surface area contributed by atoms with Gasteiger partial charge in [-0.15, -0.1) is 0 Å². The second-order valence-electron chi connectivity index (χ2n) is 4.46. The number of ketones is 1. The lowest BCUT2D eigenvalue weighted by Gasteiger charge is -2.06. The van der Waals surface area contributed by atoms with Crippen molar-refractivity contribution in [1.82, 2.24) is 4.98 Å². The van der Waals surface area contributed by atoms with Gasteiger partial charge in [-0.3, -0.25) is 4.79 Å². The second-order valence-corrected chi connectivity index (χ2v) is 5.46.